The zero-order valence-corrected chi connectivity index (χ0v) is 10.1. The minimum absolute atomic E-state index is 0.523. The van der Waals surface area contributed by atoms with Crippen molar-refractivity contribution in [3.63, 3.8) is 0 Å². The fourth-order valence-corrected chi connectivity index (χ4v) is 1.54. The summed E-state index contributed by atoms with van der Waals surface area (Å²) in [6, 6.07) is 9.20. The number of hydrogen-bond donors (Lipinski definition) is 1. The molecule has 0 fully saturated rings. The summed E-state index contributed by atoms with van der Waals surface area (Å²) in [5.74, 6) is 5.03. The molecule has 0 aliphatic heterocycles. The second-order valence-corrected chi connectivity index (χ2v) is 3.85. The van der Waals surface area contributed by atoms with Gasteiger partial charge in [-0.15, -0.1) is 0 Å². The minimum Gasteiger partial charge on any atom is -0.479 e. The molecule has 94 valence electrons. The number of unbranched alkanes of at least 4 members (excludes halogenated alkanes) is 2. The lowest BCUT2D eigenvalue weighted by atomic mass is 10.1. The highest BCUT2D eigenvalue weighted by molar-refractivity contribution is 5.74. The van der Waals surface area contributed by atoms with Gasteiger partial charge in [-0.2, -0.15) is 5.90 Å². The second-order valence-electron chi connectivity index (χ2n) is 3.85. The molecule has 0 saturated heterocycles. The van der Waals surface area contributed by atoms with Gasteiger partial charge in [-0.25, -0.2) is 4.79 Å². The van der Waals surface area contributed by atoms with Gasteiger partial charge in [0, 0.05) is 0 Å². The average molecular weight is 237 g/mol. The first-order valence-corrected chi connectivity index (χ1v) is 5.90. The van der Waals surface area contributed by atoms with Gasteiger partial charge in [0.1, 0.15) is 5.75 Å². The van der Waals surface area contributed by atoms with Crippen LogP contribution >= 0.6 is 0 Å². The molecule has 1 unspecified atom stereocenters. The molecule has 0 saturated carbocycles. The Labute approximate surface area is 102 Å². The number of carbonyl (C=O) groups excluding carboxylic acids is 1. The van der Waals surface area contributed by atoms with Gasteiger partial charge in [0.15, 0.2) is 6.10 Å². The van der Waals surface area contributed by atoms with Crippen LogP contribution in [0.4, 0.5) is 0 Å². The van der Waals surface area contributed by atoms with Crippen molar-refractivity contribution in [2.24, 2.45) is 5.90 Å². The number of carbonyl (C=O) groups is 1. The lowest BCUT2D eigenvalue weighted by Gasteiger charge is -2.16. The standard InChI is InChI=1S/C13H19NO3/c1-2-3-5-10-12(13(15)17-14)16-11-8-6-4-7-9-11/h4,6-9,12H,2-3,5,10,14H2,1H3. The van der Waals surface area contributed by atoms with Crippen molar-refractivity contribution in [3.8, 4) is 5.75 Å². The number of rotatable bonds is 7. The van der Waals surface area contributed by atoms with Gasteiger partial charge < -0.3 is 9.57 Å². The predicted octanol–water partition coefficient (Wildman–Crippen LogP) is 2.43. The maximum Gasteiger partial charge on any atom is 0.365 e. The molecule has 0 aliphatic carbocycles. The van der Waals surface area contributed by atoms with E-state index in [0.29, 0.717) is 12.2 Å². The van der Waals surface area contributed by atoms with Gasteiger partial charge in [-0.1, -0.05) is 38.0 Å². The van der Waals surface area contributed by atoms with Crippen LogP contribution in [-0.4, -0.2) is 12.1 Å². The topological polar surface area (TPSA) is 61.5 Å². The van der Waals surface area contributed by atoms with Crippen molar-refractivity contribution >= 4 is 5.97 Å². The van der Waals surface area contributed by atoms with E-state index < -0.39 is 12.1 Å². The number of hydrogen-bond acceptors (Lipinski definition) is 4. The van der Waals surface area contributed by atoms with Crippen molar-refractivity contribution in [1.82, 2.24) is 0 Å². The van der Waals surface area contributed by atoms with E-state index in [4.69, 9.17) is 10.6 Å². The molecule has 0 aromatic heterocycles. The molecule has 0 amide bonds. The molecule has 1 rings (SSSR count). The first-order chi connectivity index (χ1) is 8.27. The monoisotopic (exact) mass is 237 g/mol. The van der Waals surface area contributed by atoms with Gasteiger partial charge in [-0.3, -0.25) is 0 Å². The molecule has 1 atom stereocenters. The van der Waals surface area contributed by atoms with Gasteiger partial charge >= 0.3 is 5.97 Å². The van der Waals surface area contributed by atoms with Crippen molar-refractivity contribution in [3.05, 3.63) is 30.3 Å². The molecule has 17 heavy (non-hydrogen) atoms. The molecule has 0 radical (unpaired) electrons. The largest absolute Gasteiger partial charge is 0.479 e. The maximum absolute atomic E-state index is 11.4. The Balaban J connectivity index is 2.54. The Kier molecular flexibility index (Phi) is 6.10. The summed E-state index contributed by atoms with van der Waals surface area (Å²) in [5, 5.41) is 0. The van der Waals surface area contributed by atoms with E-state index in [1.54, 1.807) is 12.1 Å². The third-order valence-electron chi connectivity index (χ3n) is 2.47. The van der Waals surface area contributed by atoms with Crippen molar-refractivity contribution in [1.29, 1.82) is 0 Å². The quantitative estimate of drug-likeness (QED) is 0.584. The molecular weight excluding hydrogens is 218 g/mol. The second kappa shape index (κ2) is 7.68. The molecule has 0 bridgehead atoms. The Morgan fingerprint density at radius 2 is 2.00 bits per heavy atom. The summed E-state index contributed by atoms with van der Waals surface area (Å²) in [6.45, 7) is 2.11. The van der Waals surface area contributed by atoms with E-state index in [-0.39, 0.29) is 0 Å². The number of ether oxygens (including phenoxy) is 1. The maximum atomic E-state index is 11.4. The van der Waals surface area contributed by atoms with Gasteiger partial charge in [0.25, 0.3) is 0 Å². The minimum atomic E-state index is -0.617. The zero-order valence-electron chi connectivity index (χ0n) is 10.1. The molecule has 0 heterocycles. The molecule has 0 spiro atoms. The van der Waals surface area contributed by atoms with Gasteiger partial charge in [0.05, 0.1) is 0 Å². The first-order valence-electron chi connectivity index (χ1n) is 5.90. The summed E-state index contributed by atoms with van der Waals surface area (Å²) >= 11 is 0. The highest BCUT2D eigenvalue weighted by Gasteiger charge is 2.21. The SMILES string of the molecule is CCCCCC(Oc1ccccc1)C(=O)ON. The Hall–Kier alpha value is -1.55. The zero-order chi connectivity index (χ0) is 12.5. The van der Waals surface area contributed by atoms with E-state index in [0.717, 1.165) is 19.3 Å². The normalized spacial score (nSPS) is 11.9. The van der Waals surface area contributed by atoms with Gasteiger partial charge in [0.2, 0.25) is 0 Å². The van der Waals surface area contributed by atoms with E-state index in [9.17, 15) is 4.79 Å². The Morgan fingerprint density at radius 1 is 1.29 bits per heavy atom. The first kappa shape index (κ1) is 13.5. The molecule has 0 aliphatic rings. The van der Waals surface area contributed by atoms with E-state index in [2.05, 4.69) is 11.8 Å². The molecule has 4 nitrogen and oxygen atoms in total. The molecule has 4 heteroatoms. The predicted molar refractivity (Wildman–Crippen MR) is 65.3 cm³/mol. The summed E-state index contributed by atoms with van der Waals surface area (Å²) < 4.78 is 5.56. The third kappa shape index (κ3) is 4.87. The fourth-order valence-electron chi connectivity index (χ4n) is 1.54. The molecular formula is C13H19NO3. The van der Waals surface area contributed by atoms with Crippen LogP contribution < -0.4 is 10.6 Å². The smallest absolute Gasteiger partial charge is 0.365 e. The van der Waals surface area contributed by atoms with E-state index >= 15 is 0 Å². The molecule has 1 aromatic carbocycles. The summed E-state index contributed by atoms with van der Waals surface area (Å²) in [7, 11) is 0. The lowest BCUT2D eigenvalue weighted by molar-refractivity contribution is -0.152. The van der Waals surface area contributed by atoms with Crippen molar-refractivity contribution in [2.45, 2.75) is 38.7 Å². The highest BCUT2D eigenvalue weighted by atomic mass is 16.7. The van der Waals surface area contributed by atoms with Crippen LogP contribution in [0.25, 0.3) is 0 Å². The number of benzene rings is 1. The Bertz CT molecular complexity index is 327. The average Bonchev–Trinajstić information content (AvgIpc) is 2.38. The molecule has 1 aromatic rings. The summed E-state index contributed by atoms with van der Waals surface area (Å²) in [6.07, 6.45) is 3.08. The highest BCUT2D eigenvalue weighted by Crippen LogP contribution is 2.15. The van der Waals surface area contributed by atoms with Crippen LogP contribution in [0.1, 0.15) is 32.6 Å². The van der Waals surface area contributed by atoms with Crippen LogP contribution in [0.5, 0.6) is 5.75 Å². The van der Waals surface area contributed by atoms with Crippen LogP contribution in [-0.2, 0) is 9.63 Å². The number of para-hydroxylation sites is 1. The summed E-state index contributed by atoms with van der Waals surface area (Å²) in [5.41, 5.74) is 0. The van der Waals surface area contributed by atoms with Crippen LogP contribution in [0.3, 0.4) is 0 Å². The van der Waals surface area contributed by atoms with Gasteiger partial charge in [-0.05, 0) is 25.0 Å². The van der Waals surface area contributed by atoms with Crippen LogP contribution in [0.2, 0.25) is 0 Å². The third-order valence-corrected chi connectivity index (χ3v) is 2.47. The molecule has 2 N–H and O–H groups in total. The van der Waals surface area contributed by atoms with E-state index in [1.165, 1.54) is 0 Å². The Morgan fingerprint density at radius 3 is 2.59 bits per heavy atom. The number of nitrogens with two attached hydrogens (primary N) is 1. The lowest BCUT2D eigenvalue weighted by Crippen LogP contribution is -2.31. The van der Waals surface area contributed by atoms with Crippen LogP contribution in [0, 0.1) is 0 Å². The van der Waals surface area contributed by atoms with E-state index in [1.807, 2.05) is 18.2 Å². The fraction of sp³-hybridized carbons (Fsp3) is 0.462. The van der Waals surface area contributed by atoms with Crippen molar-refractivity contribution < 1.29 is 14.4 Å². The van der Waals surface area contributed by atoms with Crippen molar-refractivity contribution in [2.75, 3.05) is 0 Å². The van der Waals surface area contributed by atoms with Crippen LogP contribution in [0.15, 0.2) is 30.3 Å². The summed E-state index contributed by atoms with van der Waals surface area (Å²) in [4.78, 5) is 15.7.